The van der Waals surface area contributed by atoms with Gasteiger partial charge in [0.1, 0.15) is 5.75 Å². The van der Waals surface area contributed by atoms with Crippen LogP contribution in [0.3, 0.4) is 0 Å². The third-order valence-corrected chi connectivity index (χ3v) is 7.01. The molecule has 0 saturated heterocycles. The van der Waals surface area contributed by atoms with Gasteiger partial charge in [0.15, 0.2) is 0 Å². The van der Waals surface area contributed by atoms with E-state index in [2.05, 4.69) is 44.2 Å². The van der Waals surface area contributed by atoms with E-state index in [0.29, 0.717) is 18.1 Å². The second kappa shape index (κ2) is 12.6. The van der Waals surface area contributed by atoms with E-state index in [1.807, 2.05) is 24.3 Å². The molecule has 0 unspecified atom stereocenters. The van der Waals surface area contributed by atoms with Crippen LogP contribution < -0.4 is 4.74 Å². The van der Waals surface area contributed by atoms with Gasteiger partial charge in [0.2, 0.25) is 0 Å². The largest absolute Gasteiger partial charge is 0.427 e. The molecule has 2 atom stereocenters. The van der Waals surface area contributed by atoms with Crippen LogP contribution in [0.4, 0.5) is 0 Å². The number of unbranched alkanes of at least 4 members (excludes halogenated alkanes) is 7. The second-order valence-corrected chi connectivity index (χ2v) is 9.57. The van der Waals surface area contributed by atoms with Gasteiger partial charge in [-0.25, -0.2) is 0 Å². The first kappa shape index (κ1) is 25.0. The van der Waals surface area contributed by atoms with Crippen LogP contribution in [0.5, 0.6) is 5.75 Å². The molecule has 0 aliphatic heterocycles. The Kier molecular flexibility index (Phi) is 9.55. The van der Waals surface area contributed by atoms with Crippen molar-refractivity contribution in [3.63, 3.8) is 0 Å². The summed E-state index contributed by atoms with van der Waals surface area (Å²) in [4.78, 5) is 12.0. The molecule has 176 valence electrons. The van der Waals surface area contributed by atoms with Crippen molar-refractivity contribution in [1.82, 2.24) is 0 Å². The Morgan fingerprint density at radius 2 is 1.45 bits per heavy atom. The molecular weight excluding hydrogens is 406 g/mol. The van der Waals surface area contributed by atoms with Gasteiger partial charge in [-0.2, -0.15) is 5.26 Å². The normalized spacial score (nSPS) is 19.1. The smallest absolute Gasteiger partial charge is 0.311 e. The lowest BCUT2D eigenvalue weighted by molar-refractivity contribution is -0.134. The summed E-state index contributed by atoms with van der Waals surface area (Å²) in [7, 11) is 0. The Hall–Kier alpha value is -2.60. The Bertz CT molecular complexity index is 910. The van der Waals surface area contributed by atoms with Crippen LogP contribution in [0.2, 0.25) is 0 Å². The van der Waals surface area contributed by atoms with Gasteiger partial charge in [0, 0.05) is 6.42 Å². The first-order valence-corrected chi connectivity index (χ1v) is 13.0. The number of ether oxygens (including phenoxy) is 1. The number of nitriles is 1. The Morgan fingerprint density at radius 3 is 2.06 bits per heavy atom. The molecule has 3 heteroatoms. The number of hydrogen-bond donors (Lipinski definition) is 0. The predicted molar refractivity (Wildman–Crippen MR) is 135 cm³/mol. The van der Waals surface area contributed by atoms with Crippen molar-refractivity contribution in [3.05, 3.63) is 54.1 Å². The molecule has 0 amide bonds. The fourth-order valence-electron chi connectivity index (χ4n) is 4.78. The topological polar surface area (TPSA) is 50.1 Å². The summed E-state index contributed by atoms with van der Waals surface area (Å²) >= 11 is 0. The van der Waals surface area contributed by atoms with Crippen LogP contribution in [0.15, 0.2) is 48.5 Å². The zero-order chi connectivity index (χ0) is 23.5. The third kappa shape index (κ3) is 6.94. The highest BCUT2D eigenvalue weighted by atomic mass is 16.5. The van der Waals surface area contributed by atoms with Crippen LogP contribution in [0, 0.1) is 17.2 Å². The summed E-state index contributed by atoms with van der Waals surface area (Å²) in [5, 5.41) is 9.87. The number of carbonyl (C=O) groups is 1. The number of nitrogens with zero attached hydrogens (tertiary/aromatic N) is 1. The molecule has 0 N–H and O–H groups in total. The maximum atomic E-state index is 12.0. The molecular formula is C30H39NO2. The van der Waals surface area contributed by atoms with Crippen molar-refractivity contribution in [1.29, 1.82) is 5.26 Å². The van der Waals surface area contributed by atoms with Crippen molar-refractivity contribution in [2.75, 3.05) is 0 Å². The molecule has 33 heavy (non-hydrogen) atoms. The summed E-state index contributed by atoms with van der Waals surface area (Å²) in [5.74, 6) is 0.950. The lowest BCUT2D eigenvalue weighted by Gasteiger charge is -2.11. The van der Waals surface area contributed by atoms with Crippen molar-refractivity contribution >= 4 is 5.97 Å². The quantitative estimate of drug-likeness (QED) is 0.167. The highest BCUT2D eigenvalue weighted by molar-refractivity contribution is 5.73. The number of esters is 1. The van der Waals surface area contributed by atoms with E-state index in [0.717, 1.165) is 42.4 Å². The summed E-state index contributed by atoms with van der Waals surface area (Å²) in [5.41, 5.74) is 3.07. The standard InChI is InChI=1S/C30H39NO2/c1-3-5-7-9-11-13-29(32)33-28-20-16-25(17-21-28)24-14-18-26(19-15-24)30(23-31)22-27(30)12-10-8-6-4-2/h14-21,27H,3-13,22H2,1-2H3/t27-,30-/m0/s1. The monoisotopic (exact) mass is 445 g/mol. The average molecular weight is 446 g/mol. The maximum Gasteiger partial charge on any atom is 0.311 e. The minimum atomic E-state index is -0.278. The van der Waals surface area contributed by atoms with Crippen molar-refractivity contribution < 1.29 is 9.53 Å². The molecule has 0 heterocycles. The highest BCUT2D eigenvalue weighted by Crippen LogP contribution is 2.56. The van der Waals surface area contributed by atoms with E-state index in [1.54, 1.807) is 0 Å². The number of rotatable bonds is 14. The first-order valence-electron chi connectivity index (χ1n) is 13.0. The van der Waals surface area contributed by atoms with Gasteiger partial charge < -0.3 is 4.74 Å². The molecule has 1 fully saturated rings. The molecule has 3 nitrogen and oxygen atoms in total. The summed E-state index contributed by atoms with van der Waals surface area (Å²) in [6.07, 6.45) is 13.3. The SMILES string of the molecule is CCCCCCCC(=O)Oc1ccc(-c2ccc([C@@]3(C#N)C[C@@H]3CCCCCC)cc2)cc1. The van der Waals surface area contributed by atoms with Crippen LogP contribution in [-0.4, -0.2) is 5.97 Å². The van der Waals surface area contributed by atoms with Crippen LogP contribution in [-0.2, 0) is 10.2 Å². The lowest BCUT2D eigenvalue weighted by atomic mass is 9.91. The van der Waals surface area contributed by atoms with Gasteiger partial charge in [-0.15, -0.1) is 0 Å². The average Bonchev–Trinajstić information content (AvgIpc) is 3.57. The van der Waals surface area contributed by atoms with Crippen LogP contribution in [0.25, 0.3) is 11.1 Å². The molecule has 1 aliphatic carbocycles. The van der Waals surface area contributed by atoms with Crippen molar-refractivity contribution in [2.24, 2.45) is 5.92 Å². The van der Waals surface area contributed by atoms with Gasteiger partial charge in [-0.3, -0.25) is 4.79 Å². The highest BCUT2D eigenvalue weighted by Gasteiger charge is 2.55. The zero-order valence-electron chi connectivity index (χ0n) is 20.4. The Morgan fingerprint density at radius 1 is 0.879 bits per heavy atom. The summed E-state index contributed by atoms with van der Waals surface area (Å²) < 4.78 is 5.48. The molecule has 0 aromatic heterocycles. The number of hydrogen-bond acceptors (Lipinski definition) is 3. The molecule has 2 aromatic rings. The lowest BCUT2D eigenvalue weighted by Crippen LogP contribution is -2.07. The van der Waals surface area contributed by atoms with E-state index < -0.39 is 0 Å². The number of benzene rings is 2. The van der Waals surface area contributed by atoms with Gasteiger partial charge in [0.25, 0.3) is 0 Å². The number of carbonyl (C=O) groups excluding carboxylic acids is 1. The third-order valence-electron chi connectivity index (χ3n) is 7.01. The van der Waals surface area contributed by atoms with E-state index in [-0.39, 0.29) is 11.4 Å². The molecule has 3 rings (SSSR count). The fourth-order valence-corrected chi connectivity index (χ4v) is 4.78. The van der Waals surface area contributed by atoms with E-state index in [9.17, 15) is 10.1 Å². The second-order valence-electron chi connectivity index (χ2n) is 9.57. The predicted octanol–water partition coefficient (Wildman–Crippen LogP) is 8.37. The minimum absolute atomic E-state index is 0.154. The van der Waals surface area contributed by atoms with Crippen LogP contribution in [0.1, 0.15) is 96.5 Å². The zero-order valence-corrected chi connectivity index (χ0v) is 20.4. The van der Waals surface area contributed by atoms with E-state index in [1.165, 1.54) is 44.9 Å². The van der Waals surface area contributed by atoms with Gasteiger partial charge >= 0.3 is 5.97 Å². The van der Waals surface area contributed by atoms with Gasteiger partial charge in [-0.05, 0) is 54.0 Å². The molecule has 1 aliphatic rings. The summed E-state index contributed by atoms with van der Waals surface area (Å²) in [6, 6.07) is 18.8. The van der Waals surface area contributed by atoms with E-state index >= 15 is 0 Å². The molecule has 0 spiro atoms. The molecule has 1 saturated carbocycles. The summed E-state index contributed by atoms with van der Waals surface area (Å²) in [6.45, 7) is 4.42. The molecule has 0 radical (unpaired) electrons. The molecule has 0 bridgehead atoms. The van der Waals surface area contributed by atoms with Crippen LogP contribution >= 0.6 is 0 Å². The first-order chi connectivity index (χ1) is 16.1. The minimum Gasteiger partial charge on any atom is -0.427 e. The molecule has 2 aromatic carbocycles. The Balaban J connectivity index is 1.51. The van der Waals surface area contributed by atoms with Crippen molar-refractivity contribution in [2.45, 2.75) is 96.3 Å². The van der Waals surface area contributed by atoms with Gasteiger partial charge in [0.05, 0.1) is 11.5 Å². The fraction of sp³-hybridized carbons (Fsp3) is 0.533. The van der Waals surface area contributed by atoms with E-state index in [4.69, 9.17) is 4.74 Å². The Labute approximate surface area is 200 Å². The van der Waals surface area contributed by atoms with Crippen molar-refractivity contribution in [3.8, 4) is 22.9 Å². The maximum absolute atomic E-state index is 12.0. The van der Waals surface area contributed by atoms with Gasteiger partial charge in [-0.1, -0.05) is 102 Å².